The van der Waals surface area contributed by atoms with Crippen LogP contribution in [0.2, 0.25) is 0 Å². The molecule has 7 nitrogen and oxygen atoms in total. The fraction of sp³-hybridized carbons (Fsp3) is 0.292. The standard InChI is InChI=1S/C24H28N4O3S/c1-17(19-11-7-5-8-12-19)26(3)22(30)16-32-15-21(29)25-23-18(2)27(4)28(24(23)31)20-13-9-6-10-14-20/h5-14,17H,15-16H2,1-4H3,(H,25,29). The zero-order valence-electron chi connectivity index (χ0n) is 18.7. The molecule has 1 unspecified atom stereocenters. The molecule has 168 valence electrons. The highest BCUT2D eigenvalue weighted by Crippen LogP contribution is 2.19. The number of anilines is 1. The summed E-state index contributed by atoms with van der Waals surface area (Å²) in [6.45, 7) is 3.76. The van der Waals surface area contributed by atoms with Crippen molar-refractivity contribution in [3.8, 4) is 5.69 Å². The fourth-order valence-electron chi connectivity index (χ4n) is 3.39. The molecule has 0 fully saturated rings. The number of hydrogen-bond acceptors (Lipinski definition) is 4. The van der Waals surface area contributed by atoms with Gasteiger partial charge in [-0.3, -0.25) is 19.1 Å². The highest BCUT2D eigenvalue weighted by molar-refractivity contribution is 8.00. The summed E-state index contributed by atoms with van der Waals surface area (Å²) in [5, 5.41) is 2.72. The van der Waals surface area contributed by atoms with Crippen molar-refractivity contribution < 1.29 is 9.59 Å². The summed E-state index contributed by atoms with van der Waals surface area (Å²) >= 11 is 1.23. The maximum Gasteiger partial charge on any atom is 0.295 e. The molecule has 3 aromatic rings. The van der Waals surface area contributed by atoms with Gasteiger partial charge in [-0.25, -0.2) is 4.68 Å². The molecule has 0 bridgehead atoms. The van der Waals surface area contributed by atoms with E-state index in [9.17, 15) is 14.4 Å². The molecule has 2 amide bonds. The summed E-state index contributed by atoms with van der Waals surface area (Å²) in [6, 6.07) is 19.0. The molecule has 32 heavy (non-hydrogen) atoms. The molecule has 0 saturated heterocycles. The minimum Gasteiger partial charge on any atom is -0.338 e. The third-order valence-electron chi connectivity index (χ3n) is 5.53. The molecule has 0 radical (unpaired) electrons. The molecule has 0 aliphatic carbocycles. The van der Waals surface area contributed by atoms with Crippen molar-refractivity contribution in [2.45, 2.75) is 19.9 Å². The van der Waals surface area contributed by atoms with Crippen LogP contribution in [-0.2, 0) is 16.6 Å². The van der Waals surface area contributed by atoms with Crippen LogP contribution in [-0.4, -0.2) is 44.6 Å². The highest BCUT2D eigenvalue weighted by Gasteiger charge is 2.20. The first-order valence-electron chi connectivity index (χ1n) is 10.3. The van der Waals surface area contributed by atoms with Crippen LogP contribution in [0.1, 0.15) is 24.2 Å². The smallest absolute Gasteiger partial charge is 0.295 e. The lowest BCUT2D eigenvalue weighted by Crippen LogP contribution is -2.31. The first-order valence-corrected chi connectivity index (χ1v) is 11.5. The second-order valence-electron chi connectivity index (χ2n) is 7.57. The van der Waals surface area contributed by atoms with Crippen LogP contribution in [0.5, 0.6) is 0 Å². The van der Waals surface area contributed by atoms with Gasteiger partial charge >= 0.3 is 0 Å². The summed E-state index contributed by atoms with van der Waals surface area (Å²) in [6.07, 6.45) is 0. The van der Waals surface area contributed by atoms with E-state index in [-0.39, 0.29) is 40.6 Å². The van der Waals surface area contributed by atoms with Crippen LogP contribution in [0.3, 0.4) is 0 Å². The number of carbonyl (C=O) groups is 2. The Morgan fingerprint density at radius 3 is 2.25 bits per heavy atom. The number of nitrogens with zero attached hydrogens (tertiary/aromatic N) is 3. The SMILES string of the molecule is Cc1c(NC(=O)CSCC(=O)N(C)C(C)c2ccccc2)c(=O)n(-c2ccccc2)n1C. The van der Waals surface area contributed by atoms with Gasteiger partial charge in [0.15, 0.2) is 0 Å². The van der Waals surface area contributed by atoms with Gasteiger partial charge < -0.3 is 10.2 Å². The Balaban J connectivity index is 1.58. The average molecular weight is 453 g/mol. The first kappa shape index (κ1) is 23.4. The van der Waals surface area contributed by atoms with E-state index in [1.54, 1.807) is 30.6 Å². The van der Waals surface area contributed by atoms with Crippen LogP contribution in [0.4, 0.5) is 5.69 Å². The molecule has 1 heterocycles. The Hall–Kier alpha value is -3.26. The van der Waals surface area contributed by atoms with Gasteiger partial charge in [0.1, 0.15) is 5.69 Å². The van der Waals surface area contributed by atoms with Crippen LogP contribution >= 0.6 is 11.8 Å². The number of para-hydroxylation sites is 1. The van der Waals surface area contributed by atoms with Gasteiger partial charge in [0.05, 0.1) is 28.9 Å². The first-order chi connectivity index (χ1) is 15.3. The van der Waals surface area contributed by atoms with Gasteiger partial charge in [-0.2, -0.15) is 0 Å². The molecule has 1 N–H and O–H groups in total. The Morgan fingerprint density at radius 1 is 1.03 bits per heavy atom. The molecule has 8 heteroatoms. The lowest BCUT2D eigenvalue weighted by atomic mass is 10.1. The molecule has 3 rings (SSSR count). The van der Waals surface area contributed by atoms with Gasteiger partial charge in [0.2, 0.25) is 11.8 Å². The van der Waals surface area contributed by atoms with Crippen LogP contribution < -0.4 is 10.9 Å². The summed E-state index contributed by atoms with van der Waals surface area (Å²) in [5.41, 5.74) is 2.40. The van der Waals surface area contributed by atoms with E-state index in [1.807, 2.05) is 67.6 Å². The highest BCUT2D eigenvalue weighted by atomic mass is 32.2. The minimum absolute atomic E-state index is 0.0541. The van der Waals surface area contributed by atoms with Crippen molar-refractivity contribution in [2.24, 2.45) is 7.05 Å². The molecular weight excluding hydrogens is 424 g/mol. The molecular formula is C24H28N4O3S. The van der Waals surface area contributed by atoms with Crippen molar-refractivity contribution in [1.82, 2.24) is 14.3 Å². The third-order valence-corrected chi connectivity index (χ3v) is 6.45. The number of rotatable bonds is 8. The summed E-state index contributed by atoms with van der Waals surface area (Å²) in [7, 11) is 3.54. The van der Waals surface area contributed by atoms with Crippen molar-refractivity contribution in [1.29, 1.82) is 0 Å². The molecule has 0 saturated carbocycles. The number of benzene rings is 2. The number of aromatic nitrogens is 2. The number of thioether (sulfide) groups is 1. The zero-order chi connectivity index (χ0) is 23.3. The number of carbonyl (C=O) groups excluding carboxylic acids is 2. The van der Waals surface area contributed by atoms with E-state index in [2.05, 4.69) is 5.32 Å². The molecule has 1 atom stereocenters. The van der Waals surface area contributed by atoms with Crippen LogP contribution in [0, 0.1) is 6.92 Å². The van der Waals surface area contributed by atoms with Crippen LogP contribution in [0.15, 0.2) is 65.5 Å². The van der Waals surface area contributed by atoms with Crippen molar-refractivity contribution in [2.75, 3.05) is 23.9 Å². The third kappa shape index (κ3) is 5.13. The Kier molecular flexibility index (Phi) is 7.58. The predicted molar refractivity (Wildman–Crippen MR) is 129 cm³/mol. The molecule has 1 aromatic heterocycles. The minimum atomic E-state index is -0.312. The Bertz CT molecular complexity index is 1140. The second-order valence-corrected chi connectivity index (χ2v) is 8.55. The zero-order valence-corrected chi connectivity index (χ0v) is 19.6. The van der Waals surface area contributed by atoms with Gasteiger partial charge in [-0.05, 0) is 31.5 Å². The average Bonchev–Trinajstić information content (AvgIpc) is 3.02. The van der Waals surface area contributed by atoms with E-state index in [0.29, 0.717) is 5.69 Å². The lowest BCUT2D eigenvalue weighted by molar-refractivity contribution is -0.128. The number of hydrogen-bond donors (Lipinski definition) is 1. The summed E-state index contributed by atoms with van der Waals surface area (Å²) in [4.78, 5) is 39.6. The Morgan fingerprint density at radius 2 is 1.62 bits per heavy atom. The maximum absolute atomic E-state index is 12.9. The van der Waals surface area contributed by atoms with Gasteiger partial charge in [-0.15, -0.1) is 11.8 Å². The maximum atomic E-state index is 12.9. The van der Waals surface area contributed by atoms with E-state index in [4.69, 9.17) is 0 Å². The molecule has 0 aliphatic heterocycles. The molecule has 2 aromatic carbocycles. The quantitative estimate of drug-likeness (QED) is 0.569. The van der Waals surface area contributed by atoms with Crippen molar-refractivity contribution in [3.05, 3.63) is 82.3 Å². The normalized spacial score (nSPS) is 11.8. The monoisotopic (exact) mass is 452 g/mol. The summed E-state index contributed by atoms with van der Waals surface area (Å²) < 4.78 is 3.23. The molecule has 0 spiro atoms. The molecule has 0 aliphatic rings. The lowest BCUT2D eigenvalue weighted by Gasteiger charge is -2.25. The topological polar surface area (TPSA) is 76.3 Å². The summed E-state index contributed by atoms with van der Waals surface area (Å²) in [5.74, 6) is -0.101. The van der Waals surface area contributed by atoms with Gasteiger partial charge in [0.25, 0.3) is 5.56 Å². The largest absolute Gasteiger partial charge is 0.338 e. The van der Waals surface area contributed by atoms with E-state index < -0.39 is 0 Å². The number of nitrogens with one attached hydrogen (secondary N) is 1. The predicted octanol–water partition coefficient (Wildman–Crippen LogP) is 3.38. The van der Waals surface area contributed by atoms with Gasteiger partial charge in [-0.1, -0.05) is 48.5 Å². The van der Waals surface area contributed by atoms with Crippen molar-refractivity contribution >= 4 is 29.3 Å². The Labute approximate surface area is 192 Å². The van der Waals surface area contributed by atoms with Crippen molar-refractivity contribution in [3.63, 3.8) is 0 Å². The van der Waals surface area contributed by atoms with Gasteiger partial charge in [0, 0.05) is 14.1 Å². The fourth-order valence-corrected chi connectivity index (χ4v) is 4.13. The van der Waals surface area contributed by atoms with E-state index >= 15 is 0 Å². The number of amides is 2. The van der Waals surface area contributed by atoms with Crippen LogP contribution in [0.25, 0.3) is 5.69 Å². The van der Waals surface area contributed by atoms with E-state index in [0.717, 1.165) is 11.3 Å². The second kappa shape index (κ2) is 10.4. The van der Waals surface area contributed by atoms with E-state index in [1.165, 1.54) is 16.4 Å².